The maximum absolute atomic E-state index is 12.4. The largest absolute Gasteiger partial charge is 0.495 e. The van der Waals surface area contributed by atoms with Crippen molar-refractivity contribution >= 4 is 168 Å². The van der Waals surface area contributed by atoms with E-state index in [1.807, 2.05) is 171 Å². The molecule has 3 unspecified atom stereocenters. The average molecular weight is 1930 g/mol. The monoisotopic (exact) mass is 1930 g/mol. The summed E-state index contributed by atoms with van der Waals surface area (Å²) in [4.78, 5) is 37.7. The van der Waals surface area contributed by atoms with Gasteiger partial charge in [0.25, 0.3) is 0 Å². The summed E-state index contributed by atoms with van der Waals surface area (Å²) in [5, 5.41) is 24.2. The first-order chi connectivity index (χ1) is 57.0. The normalized spacial score (nSPS) is 23.0. The van der Waals surface area contributed by atoms with Crippen molar-refractivity contribution in [2.45, 2.75) is 97.6 Å². The number of imidazole rings is 3. The van der Waals surface area contributed by atoms with Crippen LogP contribution in [0.2, 0.25) is 19.6 Å². The Balaban J connectivity index is 0.000000152. The van der Waals surface area contributed by atoms with Crippen LogP contribution in [0.1, 0.15) is 96.1 Å². The molecule has 3 spiro atoms. The number of sulfone groups is 3. The van der Waals surface area contributed by atoms with Crippen LogP contribution in [0.5, 0.6) is 17.2 Å². The third-order valence-electron chi connectivity index (χ3n) is 23.3. The molecule has 3 atom stereocenters. The molecular formula is C85H92IN13O12S9Si. The van der Waals surface area contributed by atoms with Gasteiger partial charge in [-0.1, -0.05) is 107 Å². The zero-order valence-corrected chi connectivity index (χ0v) is 79.4. The van der Waals surface area contributed by atoms with Crippen molar-refractivity contribution in [1.82, 2.24) is 43.4 Å². The first-order valence-corrected chi connectivity index (χ1v) is 52.4. The van der Waals surface area contributed by atoms with Crippen molar-refractivity contribution in [3.05, 3.63) is 241 Å². The summed E-state index contributed by atoms with van der Waals surface area (Å²) >= 11 is 17.9. The second kappa shape index (κ2) is 34.7. The van der Waals surface area contributed by atoms with Gasteiger partial charge in [0.2, 0.25) is 17.2 Å². The highest BCUT2D eigenvalue weighted by molar-refractivity contribution is 14.1. The fourth-order valence-electron chi connectivity index (χ4n) is 17.7. The molecular weight excluding hydrogens is 1840 g/mol. The van der Waals surface area contributed by atoms with Crippen LogP contribution in [-0.2, 0) is 115 Å². The van der Waals surface area contributed by atoms with Gasteiger partial charge in [0.15, 0.2) is 47.0 Å². The Morgan fingerprint density at radius 1 is 0.479 bits per heavy atom. The highest BCUT2D eigenvalue weighted by Crippen LogP contribution is 2.54. The summed E-state index contributed by atoms with van der Waals surface area (Å²) in [7, 11) is -4.74. The van der Waals surface area contributed by atoms with E-state index in [0.29, 0.717) is 61.8 Å². The maximum Gasteiger partial charge on any atom is 0.234 e. The smallest absolute Gasteiger partial charge is 0.234 e. The van der Waals surface area contributed by atoms with Crippen molar-refractivity contribution in [3.8, 4) is 40.4 Å². The Morgan fingerprint density at radius 3 is 1.01 bits per heavy atom. The highest BCUT2D eigenvalue weighted by Gasteiger charge is 2.62. The van der Waals surface area contributed by atoms with E-state index >= 15 is 0 Å². The SMILES string of the molecule is COc1cc(/C=C2\CC3(CN4C2=NOC4(C)c2ccc(C#N)cc2)CS(=O)(=O)C3)ccc1-n1cnc(C)c1.COc1cc(/C=C2\CC3(CN4C2=NOC4(C)c2ccc(I)cc2)CS(=O)(=O)C3)ccc1-n1cnc(C)c1.COc1cc(/C=C2\CC3(CN4C2=NOC4(C)c2ccc([Si](C)(C)C)cc2)CS(=O)(=O)C3)ccc1-n1cnc(C)c1.S.S=S.S=S=S. The van der Waals surface area contributed by atoms with Gasteiger partial charge in [-0.3, -0.25) is 0 Å². The second-order valence-corrected chi connectivity index (χ2v) is 47.8. The van der Waals surface area contributed by atoms with Crippen LogP contribution >= 0.6 is 36.1 Å². The number of aromatic nitrogens is 6. The zero-order chi connectivity index (χ0) is 85.9. The van der Waals surface area contributed by atoms with E-state index in [2.05, 4.69) is 175 Å². The predicted molar refractivity (Wildman–Crippen MR) is 500 cm³/mol. The van der Waals surface area contributed by atoms with Gasteiger partial charge in [0.1, 0.15) is 17.2 Å². The lowest BCUT2D eigenvalue weighted by Crippen LogP contribution is -2.62. The summed E-state index contributed by atoms with van der Waals surface area (Å²) in [6.07, 6.45) is 19.2. The summed E-state index contributed by atoms with van der Waals surface area (Å²) in [5.74, 6) is 5.30. The van der Waals surface area contributed by atoms with Crippen LogP contribution in [0.4, 0.5) is 0 Å². The lowest BCUT2D eigenvalue weighted by atomic mass is 9.78. The number of nitriles is 1. The molecule has 0 aliphatic carbocycles. The lowest BCUT2D eigenvalue weighted by molar-refractivity contribution is -0.101. The van der Waals surface area contributed by atoms with E-state index in [9.17, 15) is 30.5 Å². The third-order valence-corrected chi connectivity index (χ3v) is 32.4. The molecule has 6 fully saturated rings. The molecule has 0 N–H and O–H groups in total. The number of piperidine rings is 3. The molecule has 9 aliphatic heterocycles. The molecule has 0 bridgehead atoms. The van der Waals surface area contributed by atoms with E-state index < -0.39 is 60.2 Å². The van der Waals surface area contributed by atoms with Crippen LogP contribution in [0.15, 0.2) is 197 Å². The predicted octanol–water partition coefficient (Wildman–Crippen LogP) is 12.9. The van der Waals surface area contributed by atoms with E-state index in [-0.39, 0.29) is 58.8 Å². The Morgan fingerprint density at radius 2 is 0.760 bits per heavy atom. The molecule has 0 radical (unpaired) electrons. The summed E-state index contributed by atoms with van der Waals surface area (Å²) in [6.45, 7) is 20.5. The van der Waals surface area contributed by atoms with Gasteiger partial charge in [-0.05, 0) is 175 Å². The average Bonchev–Trinajstić information content (AvgIpc) is 1.59. The molecule has 0 amide bonds. The number of fused-ring (bicyclic) bond motifs is 3. The topological polar surface area (TPSA) is 282 Å². The first kappa shape index (κ1) is 89.9. The van der Waals surface area contributed by atoms with E-state index in [1.54, 1.807) is 52.4 Å². The number of rotatable bonds is 13. The van der Waals surface area contributed by atoms with Crippen LogP contribution in [0, 0.1) is 51.9 Å². The minimum atomic E-state index is -3.07. The van der Waals surface area contributed by atoms with E-state index in [0.717, 1.165) is 114 Å². The number of benzene rings is 6. The first-order valence-electron chi connectivity index (χ1n) is 38.3. The second-order valence-electron chi connectivity index (χ2n) is 33.5. The molecule has 3 aromatic heterocycles. The fourth-order valence-corrected chi connectivity index (χ4v) is 25.7. The minimum Gasteiger partial charge on any atom is -0.495 e. The molecule has 12 heterocycles. The summed E-state index contributed by atoms with van der Waals surface area (Å²) in [5.41, 5.74) is 10.8. The van der Waals surface area contributed by atoms with Gasteiger partial charge in [0, 0.05) is 149 Å². The minimum absolute atomic E-state index is 0. The fraction of sp³-hybridized carbons (Fsp3) is 0.353. The Bertz CT molecular complexity index is 6140. The number of hydrogen-bond acceptors (Lipinski definition) is 26. The van der Waals surface area contributed by atoms with Crippen LogP contribution in [-0.4, -0.2) is 170 Å². The van der Waals surface area contributed by atoms with Crippen LogP contribution in [0.25, 0.3) is 35.3 Å². The maximum atomic E-state index is 12.4. The number of amidine groups is 3. The van der Waals surface area contributed by atoms with Crippen molar-refractivity contribution in [2.75, 3.05) is 75.5 Å². The van der Waals surface area contributed by atoms with Gasteiger partial charge in [0.05, 0.1) is 129 Å². The van der Waals surface area contributed by atoms with Crippen LogP contribution < -0.4 is 19.4 Å². The van der Waals surface area contributed by atoms with Gasteiger partial charge in [-0.25, -0.2) is 40.2 Å². The van der Waals surface area contributed by atoms with E-state index in [1.165, 1.54) is 5.19 Å². The van der Waals surface area contributed by atoms with Gasteiger partial charge >= 0.3 is 0 Å². The molecule has 0 saturated carbocycles. The number of methoxy groups -OCH3 is 3. The number of nitrogens with zero attached hydrogens (tertiary/aromatic N) is 13. The van der Waals surface area contributed by atoms with Gasteiger partial charge < -0.3 is 57.1 Å². The van der Waals surface area contributed by atoms with Crippen molar-refractivity contribution in [1.29, 1.82) is 5.26 Å². The Kier molecular flexibility index (Phi) is 25.8. The van der Waals surface area contributed by atoms with E-state index in [4.69, 9.17) is 28.7 Å². The van der Waals surface area contributed by atoms with Crippen LogP contribution in [0.3, 0.4) is 0 Å². The highest BCUT2D eigenvalue weighted by atomic mass is 127. The van der Waals surface area contributed by atoms with Crippen molar-refractivity contribution in [2.24, 2.45) is 31.7 Å². The number of ether oxygens (including phenoxy) is 3. The number of oxime groups is 3. The molecule has 25 nitrogen and oxygen atoms in total. The van der Waals surface area contributed by atoms with Gasteiger partial charge in [-0.15, -0.1) is 0 Å². The van der Waals surface area contributed by atoms with Crippen molar-refractivity contribution < 1.29 is 54.0 Å². The van der Waals surface area contributed by atoms with Gasteiger partial charge in [-0.2, -0.15) is 18.8 Å². The Hall–Kier alpha value is -8.88. The molecule has 9 aromatic rings. The quantitative estimate of drug-likeness (QED) is 0.0765. The standard InChI is InChI=1S/C30H36N4O4SSi.C28H27N5O4S.C27H27IN4O4S.S3.S2.H2S/c1-21-16-33(20-31-21)26-12-7-22(14-27(26)37-3)13-23-15-30(18-39(35,36)19-30)17-34-28(23)32-38-29(34,2)24-8-10-25(11-9-24)40(4,5)6;1-19-14-32(18-30-19)24-9-6-21(11-25(24)36-3)10-22-12-28(16-38(34,35)17-28)15-33-26(22)31-37-27(33,2)23-7-4-20(13-29)5-8-23;1-18-13-31(17-29-18)23-9-4-19(11-24(23)35-3)10-20-12-27(15-37(33,34)16-27)14-32-25(20)30-36-26(32,2)21-5-7-22(28)8-6-21;1-3-2;1-2;/h7-14,16,20H,15,17-19H2,1-6H3;4-11,14,18H,12,15-17H2,1-3H3;4-11,13,17H,12,14-16H2,1-3H3;;;1H2/b23-13+;22-10+;20-10+;;;. The Labute approximate surface area is 750 Å². The molecule has 18 rings (SSSR count). The molecule has 6 aromatic carbocycles. The van der Waals surface area contributed by atoms with Crippen molar-refractivity contribution in [3.63, 3.8) is 0 Å². The number of hydrogen-bond donors (Lipinski definition) is 0. The molecule has 36 heteroatoms. The number of aryl methyl sites for hydroxylation is 3. The number of halogens is 1. The lowest BCUT2D eigenvalue weighted by Gasteiger charge is -2.50. The molecule has 9 aliphatic rings. The molecule has 121 heavy (non-hydrogen) atoms. The zero-order valence-electron chi connectivity index (χ0n) is 68.7. The molecule has 634 valence electrons. The molecule has 6 saturated heterocycles. The third kappa shape index (κ3) is 18.3. The summed E-state index contributed by atoms with van der Waals surface area (Å²) < 4.78 is 98.2. The summed E-state index contributed by atoms with van der Waals surface area (Å²) in [6, 6.07) is 44.2.